The zero-order valence-corrected chi connectivity index (χ0v) is 11.6. The maximum absolute atomic E-state index is 12.3. The van der Waals surface area contributed by atoms with Gasteiger partial charge in [0, 0.05) is 27.8 Å². The number of anilines is 1. The molecule has 0 saturated carbocycles. The van der Waals surface area contributed by atoms with Crippen LogP contribution in [0.15, 0.2) is 48.7 Å². The van der Waals surface area contributed by atoms with Crippen LogP contribution in [0.4, 0.5) is 5.69 Å². The second-order valence-corrected chi connectivity index (χ2v) is 4.98. The first-order chi connectivity index (χ1) is 10.2. The third kappa shape index (κ3) is 2.60. The van der Waals surface area contributed by atoms with Gasteiger partial charge in [-0.15, -0.1) is 0 Å². The number of amides is 1. The highest BCUT2D eigenvalue weighted by atomic mass is 35.5. The van der Waals surface area contributed by atoms with Crippen molar-refractivity contribution in [3.05, 3.63) is 64.8 Å². The number of H-pyrrole nitrogens is 1. The van der Waals surface area contributed by atoms with Gasteiger partial charge in [-0.2, -0.15) is 5.26 Å². The quantitative estimate of drug-likeness (QED) is 0.751. The number of nitriles is 1. The standard InChI is InChI=1S/C16H10ClN3O/c17-11-4-5-13-14(9-19-15(13)7-11)16(21)20-12-3-1-2-10(6-12)8-18/h1-7,9,19H,(H,20,21). The summed E-state index contributed by atoms with van der Waals surface area (Å²) in [5.41, 5.74) is 2.42. The molecule has 0 fully saturated rings. The summed E-state index contributed by atoms with van der Waals surface area (Å²) in [5, 5.41) is 13.1. The first kappa shape index (κ1) is 13.2. The minimum atomic E-state index is -0.237. The Morgan fingerprint density at radius 1 is 1.24 bits per heavy atom. The molecule has 5 heteroatoms. The van der Waals surface area contributed by atoms with Crippen molar-refractivity contribution >= 4 is 34.1 Å². The molecule has 102 valence electrons. The molecule has 0 aliphatic carbocycles. The lowest BCUT2D eigenvalue weighted by Gasteiger charge is -2.04. The summed E-state index contributed by atoms with van der Waals surface area (Å²) in [4.78, 5) is 15.3. The molecule has 0 atom stereocenters. The first-order valence-corrected chi connectivity index (χ1v) is 6.63. The van der Waals surface area contributed by atoms with Crippen LogP contribution in [0.25, 0.3) is 10.9 Å². The maximum atomic E-state index is 12.3. The molecule has 21 heavy (non-hydrogen) atoms. The normalized spacial score (nSPS) is 10.3. The van der Waals surface area contributed by atoms with Crippen LogP contribution in [0, 0.1) is 11.3 Å². The van der Waals surface area contributed by atoms with Gasteiger partial charge in [-0.05, 0) is 30.3 Å². The van der Waals surface area contributed by atoms with E-state index in [1.165, 1.54) is 0 Å². The van der Waals surface area contributed by atoms with Crippen molar-refractivity contribution in [1.29, 1.82) is 5.26 Å². The third-order valence-corrected chi connectivity index (χ3v) is 3.37. The second kappa shape index (κ2) is 5.31. The van der Waals surface area contributed by atoms with Crippen LogP contribution in [0.2, 0.25) is 5.02 Å². The number of fused-ring (bicyclic) bond motifs is 1. The first-order valence-electron chi connectivity index (χ1n) is 6.25. The molecule has 3 rings (SSSR count). The highest BCUT2D eigenvalue weighted by molar-refractivity contribution is 6.31. The maximum Gasteiger partial charge on any atom is 0.257 e. The molecule has 1 amide bonds. The average molecular weight is 296 g/mol. The van der Waals surface area contributed by atoms with Crippen molar-refractivity contribution in [2.24, 2.45) is 0 Å². The Hall–Kier alpha value is -2.77. The molecule has 0 aliphatic rings. The van der Waals surface area contributed by atoms with Gasteiger partial charge in [0.2, 0.25) is 0 Å². The van der Waals surface area contributed by atoms with Crippen molar-refractivity contribution in [2.75, 3.05) is 5.32 Å². The minimum Gasteiger partial charge on any atom is -0.360 e. The summed E-state index contributed by atoms with van der Waals surface area (Å²) >= 11 is 5.92. The Morgan fingerprint density at radius 2 is 2.10 bits per heavy atom. The van der Waals surface area contributed by atoms with Gasteiger partial charge in [-0.1, -0.05) is 23.7 Å². The Bertz CT molecular complexity index is 877. The fraction of sp³-hybridized carbons (Fsp3) is 0. The van der Waals surface area contributed by atoms with Crippen molar-refractivity contribution in [3.63, 3.8) is 0 Å². The van der Waals surface area contributed by atoms with Gasteiger partial charge in [0.05, 0.1) is 17.2 Å². The Kier molecular flexibility index (Phi) is 3.35. The van der Waals surface area contributed by atoms with Gasteiger partial charge in [0.15, 0.2) is 0 Å². The fourth-order valence-corrected chi connectivity index (χ4v) is 2.32. The number of aromatic amines is 1. The molecule has 1 aromatic heterocycles. The lowest BCUT2D eigenvalue weighted by Crippen LogP contribution is -2.11. The smallest absolute Gasteiger partial charge is 0.257 e. The molecule has 4 nitrogen and oxygen atoms in total. The molecule has 0 saturated heterocycles. The van der Waals surface area contributed by atoms with Crippen LogP contribution >= 0.6 is 11.6 Å². The lowest BCUT2D eigenvalue weighted by molar-refractivity contribution is 0.102. The van der Waals surface area contributed by atoms with Crippen molar-refractivity contribution in [2.45, 2.75) is 0 Å². The van der Waals surface area contributed by atoms with E-state index in [2.05, 4.69) is 10.3 Å². The van der Waals surface area contributed by atoms with Crippen LogP contribution in [0.1, 0.15) is 15.9 Å². The van der Waals surface area contributed by atoms with E-state index in [1.54, 1.807) is 48.7 Å². The van der Waals surface area contributed by atoms with Crippen LogP contribution in [0.5, 0.6) is 0 Å². The van der Waals surface area contributed by atoms with Crippen LogP contribution < -0.4 is 5.32 Å². The van der Waals surface area contributed by atoms with Gasteiger partial charge in [-0.3, -0.25) is 4.79 Å². The summed E-state index contributed by atoms with van der Waals surface area (Å²) in [5.74, 6) is -0.237. The van der Waals surface area contributed by atoms with E-state index in [4.69, 9.17) is 16.9 Å². The zero-order valence-electron chi connectivity index (χ0n) is 10.9. The summed E-state index contributed by atoms with van der Waals surface area (Å²) in [7, 11) is 0. The molecule has 1 heterocycles. The number of halogens is 1. The summed E-state index contributed by atoms with van der Waals surface area (Å²) in [6.07, 6.45) is 1.64. The zero-order chi connectivity index (χ0) is 14.8. The van der Waals surface area contributed by atoms with Crippen molar-refractivity contribution in [3.8, 4) is 6.07 Å². The fourth-order valence-electron chi connectivity index (χ4n) is 2.15. The second-order valence-electron chi connectivity index (χ2n) is 4.54. The predicted molar refractivity (Wildman–Crippen MR) is 82.4 cm³/mol. The topological polar surface area (TPSA) is 68.7 Å². The van der Waals surface area contributed by atoms with Gasteiger partial charge in [0.25, 0.3) is 5.91 Å². The van der Waals surface area contributed by atoms with Crippen LogP contribution in [-0.2, 0) is 0 Å². The van der Waals surface area contributed by atoms with Crippen molar-refractivity contribution in [1.82, 2.24) is 4.98 Å². The summed E-state index contributed by atoms with van der Waals surface area (Å²) < 4.78 is 0. The number of nitrogens with zero attached hydrogens (tertiary/aromatic N) is 1. The van der Waals surface area contributed by atoms with E-state index in [9.17, 15) is 4.79 Å². The lowest BCUT2D eigenvalue weighted by atomic mass is 10.1. The van der Waals surface area contributed by atoms with Gasteiger partial charge < -0.3 is 10.3 Å². The summed E-state index contributed by atoms with van der Waals surface area (Å²) in [6, 6.07) is 14.1. The number of rotatable bonds is 2. The highest BCUT2D eigenvalue weighted by Gasteiger charge is 2.12. The molecular formula is C16H10ClN3O. The molecule has 2 aromatic carbocycles. The number of hydrogen-bond acceptors (Lipinski definition) is 2. The van der Waals surface area contributed by atoms with Crippen LogP contribution in [0.3, 0.4) is 0 Å². The average Bonchev–Trinajstić information content (AvgIpc) is 2.90. The van der Waals surface area contributed by atoms with E-state index < -0.39 is 0 Å². The molecule has 0 spiro atoms. The SMILES string of the molecule is N#Cc1cccc(NC(=O)c2c[nH]c3cc(Cl)ccc23)c1. The number of nitrogens with one attached hydrogen (secondary N) is 2. The van der Waals surface area contributed by atoms with E-state index in [0.717, 1.165) is 10.9 Å². The van der Waals surface area contributed by atoms with E-state index >= 15 is 0 Å². The number of aromatic nitrogens is 1. The van der Waals surface area contributed by atoms with Gasteiger partial charge in [-0.25, -0.2) is 0 Å². The molecule has 0 bridgehead atoms. The van der Waals surface area contributed by atoms with E-state index in [0.29, 0.717) is 21.8 Å². The number of benzene rings is 2. The van der Waals surface area contributed by atoms with Crippen LogP contribution in [-0.4, -0.2) is 10.9 Å². The Balaban J connectivity index is 1.92. The molecule has 0 radical (unpaired) electrons. The number of carbonyl (C=O) groups is 1. The minimum absolute atomic E-state index is 0.237. The monoisotopic (exact) mass is 295 g/mol. The predicted octanol–water partition coefficient (Wildman–Crippen LogP) is 3.95. The molecule has 0 unspecified atom stereocenters. The third-order valence-electron chi connectivity index (χ3n) is 3.14. The van der Waals surface area contributed by atoms with Crippen molar-refractivity contribution < 1.29 is 4.79 Å². The molecule has 0 aliphatic heterocycles. The Labute approximate surface area is 126 Å². The number of carbonyl (C=O) groups excluding carboxylic acids is 1. The highest BCUT2D eigenvalue weighted by Crippen LogP contribution is 2.23. The molecule has 2 N–H and O–H groups in total. The Morgan fingerprint density at radius 3 is 2.90 bits per heavy atom. The van der Waals surface area contributed by atoms with Gasteiger partial charge in [0.1, 0.15) is 0 Å². The molecular weight excluding hydrogens is 286 g/mol. The van der Waals surface area contributed by atoms with E-state index in [-0.39, 0.29) is 5.91 Å². The van der Waals surface area contributed by atoms with E-state index in [1.807, 2.05) is 6.07 Å². The number of hydrogen-bond donors (Lipinski definition) is 2. The summed E-state index contributed by atoms with van der Waals surface area (Å²) in [6.45, 7) is 0. The molecule has 3 aromatic rings. The van der Waals surface area contributed by atoms with Gasteiger partial charge >= 0.3 is 0 Å². The largest absolute Gasteiger partial charge is 0.360 e.